The molecule has 1 aliphatic carbocycles. The van der Waals surface area contributed by atoms with Gasteiger partial charge in [-0.25, -0.2) is 0 Å². The van der Waals surface area contributed by atoms with Crippen molar-refractivity contribution in [3.05, 3.63) is 100 Å². The van der Waals surface area contributed by atoms with E-state index in [1.54, 1.807) is 12.1 Å². The van der Waals surface area contributed by atoms with Gasteiger partial charge in [0.15, 0.2) is 0 Å². The minimum atomic E-state index is -0.323. The Morgan fingerprint density at radius 1 is 1.05 bits per heavy atom. The highest BCUT2D eigenvalue weighted by molar-refractivity contribution is 6.30. The Balaban J connectivity index is 1.37. The third-order valence-electron chi connectivity index (χ3n) is 7.50. The monoisotopic (exact) mass is 571 g/mol. The molecule has 1 saturated carbocycles. The highest BCUT2D eigenvalue weighted by Crippen LogP contribution is 2.33. The van der Waals surface area contributed by atoms with Gasteiger partial charge in [0, 0.05) is 16.3 Å². The smallest absolute Gasteiger partial charge is 0.270 e. The molecule has 1 heterocycles. The first kappa shape index (κ1) is 28.1. The van der Waals surface area contributed by atoms with Crippen LogP contribution in [0.3, 0.4) is 0 Å². The molecule has 1 fully saturated rings. The van der Waals surface area contributed by atoms with Crippen LogP contribution in [0.4, 0.5) is 11.6 Å². The molecule has 4 aromatic rings. The maximum Gasteiger partial charge on any atom is 0.270 e. The lowest BCUT2D eigenvalue weighted by molar-refractivity contribution is 0.102. The zero-order chi connectivity index (χ0) is 28.6. The Bertz CT molecular complexity index is 1430. The van der Waals surface area contributed by atoms with Gasteiger partial charge in [-0.05, 0) is 84.0 Å². The molecule has 41 heavy (non-hydrogen) atoms. The first-order chi connectivity index (χ1) is 20.0. The second kappa shape index (κ2) is 13.3. The molecule has 0 saturated heterocycles. The molecule has 212 valence electrons. The van der Waals surface area contributed by atoms with Crippen LogP contribution in [0, 0.1) is 0 Å². The number of aromatic nitrogens is 4. The fourth-order valence-electron chi connectivity index (χ4n) is 5.20. The number of guanidine groups is 1. The molecule has 10 nitrogen and oxygen atoms in total. The van der Waals surface area contributed by atoms with E-state index in [1.807, 2.05) is 41.3 Å². The number of H-pyrrole nitrogens is 1. The van der Waals surface area contributed by atoms with Gasteiger partial charge in [0.1, 0.15) is 0 Å². The molecule has 0 bridgehead atoms. The molecule has 0 radical (unpaired) electrons. The third kappa shape index (κ3) is 7.20. The van der Waals surface area contributed by atoms with Gasteiger partial charge in [-0.3, -0.25) is 10.1 Å². The number of halogens is 1. The molecule has 3 aromatic carbocycles. The number of rotatable bonds is 8. The van der Waals surface area contributed by atoms with Crippen LogP contribution in [-0.2, 0) is 6.54 Å². The number of tetrazole rings is 1. The highest BCUT2D eigenvalue weighted by Gasteiger charge is 2.20. The van der Waals surface area contributed by atoms with Gasteiger partial charge in [0.25, 0.3) is 11.9 Å². The number of carbonyl (C=O) groups excluding carboxylic acids is 1. The highest BCUT2D eigenvalue weighted by atomic mass is 35.5. The largest absolute Gasteiger partial charge is 0.348 e. The molecule has 11 heteroatoms. The molecule has 0 aliphatic heterocycles. The lowest BCUT2D eigenvalue weighted by Gasteiger charge is -2.29. The molecule has 1 unspecified atom stereocenters. The summed E-state index contributed by atoms with van der Waals surface area (Å²) in [4.78, 5) is 14.6. The summed E-state index contributed by atoms with van der Waals surface area (Å²) >= 11 is 6.10. The van der Waals surface area contributed by atoms with Gasteiger partial charge in [-0.1, -0.05) is 72.4 Å². The zero-order valence-electron chi connectivity index (χ0n) is 22.9. The summed E-state index contributed by atoms with van der Waals surface area (Å²) in [5.74, 6) is 6.91. The van der Waals surface area contributed by atoms with E-state index in [1.165, 1.54) is 37.7 Å². The first-order valence-electron chi connectivity index (χ1n) is 13.8. The number of benzene rings is 3. The SMILES string of the molecule is CC(N/C(=N/N)N(Cc1ccc(C(=O)Nc2nn[nH]n2)cc1)c1ccc(C2CCCCC2)cc1)c1ccc(Cl)cc1. The summed E-state index contributed by atoms with van der Waals surface area (Å²) in [7, 11) is 0. The summed E-state index contributed by atoms with van der Waals surface area (Å²) in [6.07, 6.45) is 6.39. The predicted octanol–water partition coefficient (Wildman–Crippen LogP) is 5.74. The molecule has 1 atom stereocenters. The van der Waals surface area contributed by atoms with Gasteiger partial charge in [0.2, 0.25) is 5.96 Å². The fraction of sp³-hybridized carbons (Fsp3) is 0.300. The van der Waals surface area contributed by atoms with Crippen LogP contribution in [0.1, 0.15) is 78.0 Å². The van der Waals surface area contributed by atoms with E-state index in [0.717, 1.165) is 16.8 Å². The maximum atomic E-state index is 12.6. The van der Waals surface area contributed by atoms with Crippen LogP contribution in [0.2, 0.25) is 5.02 Å². The van der Waals surface area contributed by atoms with Gasteiger partial charge in [-0.15, -0.1) is 10.2 Å². The summed E-state index contributed by atoms with van der Waals surface area (Å²) < 4.78 is 0. The number of hydrogen-bond donors (Lipinski definition) is 4. The lowest BCUT2D eigenvalue weighted by atomic mass is 9.84. The molecular formula is C30H34ClN9O. The normalized spacial score (nSPS) is 14.8. The molecule has 5 N–H and O–H groups in total. The topological polar surface area (TPSA) is 137 Å². The lowest BCUT2D eigenvalue weighted by Crippen LogP contribution is -2.43. The molecule has 5 rings (SSSR count). The average Bonchev–Trinajstić information content (AvgIpc) is 3.53. The number of aromatic amines is 1. The zero-order valence-corrected chi connectivity index (χ0v) is 23.7. The number of hydrogen-bond acceptors (Lipinski definition) is 6. The second-order valence-corrected chi connectivity index (χ2v) is 10.7. The quantitative estimate of drug-likeness (QED) is 0.0915. The van der Waals surface area contributed by atoms with Crippen LogP contribution in [0.15, 0.2) is 77.9 Å². The average molecular weight is 572 g/mol. The number of nitrogens with one attached hydrogen (secondary N) is 3. The van der Waals surface area contributed by atoms with Crippen LogP contribution >= 0.6 is 11.6 Å². The van der Waals surface area contributed by atoms with Crippen molar-refractivity contribution in [1.82, 2.24) is 25.9 Å². The predicted molar refractivity (Wildman–Crippen MR) is 162 cm³/mol. The van der Waals surface area contributed by atoms with Crippen LogP contribution in [0.5, 0.6) is 0 Å². The Morgan fingerprint density at radius 2 is 1.76 bits per heavy atom. The van der Waals surface area contributed by atoms with Gasteiger partial charge < -0.3 is 16.1 Å². The summed E-state index contributed by atoms with van der Waals surface area (Å²) in [6.45, 7) is 2.53. The summed E-state index contributed by atoms with van der Waals surface area (Å²) in [6, 6.07) is 23.7. The molecule has 0 spiro atoms. The fourth-order valence-corrected chi connectivity index (χ4v) is 5.32. The Labute approximate surface area is 244 Å². The van der Waals surface area contributed by atoms with Crippen LogP contribution in [0.25, 0.3) is 0 Å². The molecule has 1 aliphatic rings. The Kier molecular flexibility index (Phi) is 9.10. The van der Waals surface area contributed by atoms with Crippen molar-refractivity contribution < 1.29 is 4.79 Å². The number of nitrogens with two attached hydrogens (primary N) is 1. The van der Waals surface area contributed by atoms with Crippen LogP contribution < -0.4 is 21.4 Å². The van der Waals surface area contributed by atoms with E-state index in [9.17, 15) is 4.79 Å². The standard InChI is InChI=1S/C30H34ClN9O/c1-20(22-11-15-26(31)16-12-22)33-30(35-32)40(27-17-13-24(14-18-27)23-5-3-2-4-6-23)19-21-7-9-25(10-8-21)28(41)34-29-36-38-39-37-29/h7-18,20,23H,2-6,19,32H2,1H3,(H,33,35)(H2,34,36,37,38,39,41). The Hall–Kier alpha value is -4.44. The van der Waals surface area contributed by atoms with Crippen molar-refractivity contribution in [3.8, 4) is 0 Å². The maximum absolute atomic E-state index is 12.6. The second-order valence-electron chi connectivity index (χ2n) is 10.3. The van der Waals surface area contributed by atoms with Gasteiger partial charge >= 0.3 is 0 Å². The summed E-state index contributed by atoms with van der Waals surface area (Å²) in [5, 5.41) is 24.2. The number of hydrazone groups is 1. The number of nitrogens with zero attached hydrogens (tertiary/aromatic N) is 5. The summed E-state index contributed by atoms with van der Waals surface area (Å²) in [5.41, 5.74) is 4.84. The van der Waals surface area contributed by atoms with Crippen molar-refractivity contribution in [2.45, 2.75) is 57.5 Å². The number of anilines is 2. The van der Waals surface area contributed by atoms with Gasteiger partial charge in [-0.2, -0.15) is 5.21 Å². The number of amides is 1. The minimum absolute atomic E-state index is 0.0743. The van der Waals surface area contributed by atoms with E-state index in [2.05, 4.69) is 67.5 Å². The first-order valence-corrected chi connectivity index (χ1v) is 14.2. The van der Waals surface area contributed by atoms with Crippen molar-refractivity contribution in [1.29, 1.82) is 0 Å². The van der Waals surface area contributed by atoms with Crippen molar-refractivity contribution in [2.75, 3.05) is 10.2 Å². The molecule has 1 aromatic heterocycles. The van der Waals surface area contributed by atoms with E-state index in [0.29, 0.717) is 29.0 Å². The molecular weight excluding hydrogens is 538 g/mol. The molecule has 1 amide bonds. The van der Waals surface area contributed by atoms with Crippen molar-refractivity contribution >= 4 is 35.1 Å². The van der Waals surface area contributed by atoms with Crippen molar-refractivity contribution in [2.24, 2.45) is 10.9 Å². The van der Waals surface area contributed by atoms with Crippen molar-refractivity contribution in [3.63, 3.8) is 0 Å². The van der Waals surface area contributed by atoms with Crippen LogP contribution in [-0.4, -0.2) is 32.5 Å². The third-order valence-corrected chi connectivity index (χ3v) is 7.75. The van der Waals surface area contributed by atoms with E-state index >= 15 is 0 Å². The van der Waals surface area contributed by atoms with E-state index in [4.69, 9.17) is 17.4 Å². The number of carbonyl (C=O) groups is 1. The van der Waals surface area contributed by atoms with E-state index in [-0.39, 0.29) is 17.9 Å². The Morgan fingerprint density at radius 3 is 2.39 bits per heavy atom. The van der Waals surface area contributed by atoms with Gasteiger partial charge in [0.05, 0.1) is 12.6 Å². The van der Waals surface area contributed by atoms with E-state index < -0.39 is 0 Å². The minimum Gasteiger partial charge on any atom is -0.348 e.